The van der Waals surface area contributed by atoms with Gasteiger partial charge in [-0.25, -0.2) is 4.57 Å². The highest BCUT2D eigenvalue weighted by atomic mass is 16.3. The first-order chi connectivity index (χ1) is 17.0. The molecular weight excluding hydrogens is 366 g/mol. The van der Waals surface area contributed by atoms with E-state index >= 15 is 0 Å². The highest BCUT2D eigenvalue weighted by molar-refractivity contribution is 6.12. The Kier molecular flexibility index (Phi) is 2.39. The number of pyridine rings is 1. The van der Waals surface area contributed by atoms with Crippen molar-refractivity contribution < 1.29 is 17.2 Å². The Balaban J connectivity index is 1.82. The minimum atomic E-state index is -2.85. The molecule has 0 spiro atoms. The Morgan fingerprint density at radius 1 is 0.833 bits per heavy atom. The van der Waals surface area contributed by atoms with E-state index in [-0.39, 0.29) is 5.56 Å². The second kappa shape index (κ2) is 5.82. The number of furan rings is 1. The molecule has 0 saturated heterocycles. The van der Waals surface area contributed by atoms with Crippen LogP contribution in [0, 0.1) is 6.92 Å². The lowest BCUT2D eigenvalue weighted by Gasteiger charge is -2.21. The highest BCUT2D eigenvalue weighted by Gasteiger charge is 2.38. The Morgan fingerprint density at radius 2 is 1.60 bits per heavy atom. The average molecular weight is 397 g/mol. The zero-order valence-electron chi connectivity index (χ0n) is 22.8. The lowest BCUT2D eigenvalue weighted by molar-refractivity contribution is -0.660. The molecule has 0 atom stereocenters. The SMILES string of the molecule is [2H]C([2H])([2H])C1(C([2H])([2H])[2H])c2ccccc2-c2ccc3c(oc4c(-c5cccc[n+]5C)c(C)ccc43)c21. The van der Waals surface area contributed by atoms with E-state index in [4.69, 9.17) is 12.6 Å². The molecule has 6 rings (SSSR count). The normalized spacial score (nSPS) is 18.1. The summed E-state index contributed by atoms with van der Waals surface area (Å²) >= 11 is 0. The summed E-state index contributed by atoms with van der Waals surface area (Å²) in [7, 11) is 1.96. The fourth-order valence-electron chi connectivity index (χ4n) is 4.88. The number of hydrogen-bond acceptors (Lipinski definition) is 1. The molecule has 2 nitrogen and oxygen atoms in total. The molecule has 30 heavy (non-hydrogen) atoms. The number of rotatable bonds is 1. The molecule has 2 heteroatoms. The van der Waals surface area contributed by atoms with Gasteiger partial charge < -0.3 is 4.42 Å². The van der Waals surface area contributed by atoms with Crippen molar-refractivity contribution in [2.24, 2.45) is 7.05 Å². The van der Waals surface area contributed by atoms with Crippen molar-refractivity contribution in [2.75, 3.05) is 0 Å². The van der Waals surface area contributed by atoms with Crippen molar-refractivity contribution in [1.82, 2.24) is 0 Å². The topological polar surface area (TPSA) is 17.0 Å². The summed E-state index contributed by atoms with van der Waals surface area (Å²) in [5, 5.41) is 1.52. The molecule has 0 bridgehead atoms. The van der Waals surface area contributed by atoms with Gasteiger partial charge in [0, 0.05) is 42.1 Å². The van der Waals surface area contributed by atoms with Crippen molar-refractivity contribution >= 4 is 21.9 Å². The van der Waals surface area contributed by atoms with Crippen molar-refractivity contribution in [3.63, 3.8) is 0 Å². The minimum absolute atomic E-state index is 0.221. The van der Waals surface area contributed by atoms with Crippen LogP contribution in [-0.2, 0) is 12.5 Å². The van der Waals surface area contributed by atoms with Gasteiger partial charge in [0.2, 0.25) is 5.69 Å². The van der Waals surface area contributed by atoms with Crippen molar-refractivity contribution in [2.45, 2.75) is 26.0 Å². The van der Waals surface area contributed by atoms with E-state index in [0.29, 0.717) is 33.2 Å². The molecule has 3 aromatic carbocycles. The molecule has 0 N–H and O–H groups in total. The first kappa shape index (κ1) is 12.3. The maximum Gasteiger partial charge on any atom is 0.216 e. The van der Waals surface area contributed by atoms with Crippen LogP contribution in [0.5, 0.6) is 0 Å². The standard InChI is InChI=1S/C28H24NO/c1-17-12-13-20-21-15-14-19-18-9-5-6-10-22(18)28(2,3)25(19)27(21)30-26(20)24(17)23-11-7-8-16-29(23)4/h5-16H,1-4H3/q+1/i2D3,3D3. The van der Waals surface area contributed by atoms with Crippen LogP contribution in [0.15, 0.2) is 77.3 Å². The first-order valence-electron chi connectivity index (χ1n) is 13.0. The third-order valence-electron chi connectivity index (χ3n) is 6.33. The van der Waals surface area contributed by atoms with Crippen LogP contribution in [0.3, 0.4) is 0 Å². The first-order valence-corrected chi connectivity index (χ1v) is 10.0. The predicted octanol–water partition coefficient (Wildman–Crippen LogP) is 6.69. The van der Waals surface area contributed by atoms with E-state index in [1.54, 1.807) is 24.3 Å². The van der Waals surface area contributed by atoms with E-state index in [2.05, 4.69) is 0 Å². The third kappa shape index (κ3) is 2.11. The van der Waals surface area contributed by atoms with Crippen molar-refractivity contribution in [1.29, 1.82) is 0 Å². The maximum absolute atomic E-state index is 8.57. The van der Waals surface area contributed by atoms with Crippen LogP contribution in [0.25, 0.3) is 44.3 Å². The van der Waals surface area contributed by atoms with Gasteiger partial charge in [0.25, 0.3) is 0 Å². The minimum Gasteiger partial charge on any atom is -0.455 e. The monoisotopic (exact) mass is 396 g/mol. The van der Waals surface area contributed by atoms with Crippen LogP contribution >= 0.6 is 0 Å². The molecule has 0 aliphatic heterocycles. The summed E-state index contributed by atoms with van der Waals surface area (Å²) in [5.74, 6) is 0. The molecule has 0 unspecified atom stereocenters. The molecule has 0 amide bonds. The Labute approximate surface area is 184 Å². The van der Waals surface area contributed by atoms with Gasteiger partial charge in [0.15, 0.2) is 6.20 Å². The molecule has 0 fully saturated rings. The van der Waals surface area contributed by atoms with Crippen LogP contribution < -0.4 is 4.57 Å². The molecule has 0 saturated carbocycles. The molecule has 2 aromatic heterocycles. The van der Waals surface area contributed by atoms with Crippen molar-refractivity contribution in [3.05, 3.63) is 89.6 Å². The van der Waals surface area contributed by atoms with Crippen LogP contribution in [0.2, 0.25) is 0 Å². The van der Waals surface area contributed by atoms with Crippen LogP contribution in [0.4, 0.5) is 0 Å². The summed E-state index contributed by atoms with van der Waals surface area (Å²) in [6.45, 7) is -3.70. The molecule has 146 valence electrons. The number of fused-ring (bicyclic) bond motifs is 7. The number of hydrogen-bond donors (Lipinski definition) is 0. The van der Waals surface area contributed by atoms with Crippen molar-refractivity contribution in [3.8, 4) is 22.4 Å². The summed E-state index contributed by atoms with van der Waals surface area (Å²) in [5.41, 5.74) is 3.27. The molecular formula is C28H24NO+. The number of aryl methyl sites for hydroxylation is 2. The zero-order chi connectivity index (χ0) is 25.6. The lowest BCUT2D eigenvalue weighted by Crippen LogP contribution is -2.30. The fourth-order valence-corrected chi connectivity index (χ4v) is 4.88. The molecule has 2 heterocycles. The molecule has 5 aromatic rings. The van der Waals surface area contributed by atoms with E-state index in [1.165, 1.54) is 0 Å². The van der Waals surface area contributed by atoms with Crippen LogP contribution in [-0.4, -0.2) is 0 Å². The molecule has 1 aliphatic rings. The molecule has 0 radical (unpaired) electrons. The predicted molar refractivity (Wildman–Crippen MR) is 123 cm³/mol. The maximum atomic E-state index is 8.57. The second-order valence-electron chi connectivity index (χ2n) is 8.09. The van der Waals surface area contributed by atoms with Gasteiger partial charge in [0.05, 0.1) is 5.56 Å². The smallest absolute Gasteiger partial charge is 0.216 e. The summed E-state index contributed by atoms with van der Waals surface area (Å²) in [4.78, 5) is 0. The number of nitrogens with zero attached hydrogens (tertiary/aromatic N) is 1. The van der Waals surface area contributed by atoms with E-state index in [0.717, 1.165) is 22.2 Å². The summed E-state index contributed by atoms with van der Waals surface area (Å²) in [6.07, 6.45) is 1.96. The second-order valence-corrected chi connectivity index (χ2v) is 8.09. The number of aromatic nitrogens is 1. The third-order valence-corrected chi connectivity index (χ3v) is 6.33. The van der Waals surface area contributed by atoms with Gasteiger partial charge >= 0.3 is 0 Å². The van der Waals surface area contributed by atoms with E-state index in [9.17, 15) is 0 Å². The van der Waals surface area contributed by atoms with E-state index < -0.39 is 19.1 Å². The van der Waals surface area contributed by atoms with Gasteiger partial charge in [-0.1, -0.05) is 56.2 Å². The Morgan fingerprint density at radius 3 is 2.43 bits per heavy atom. The van der Waals surface area contributed by atoms with E-state index in [1.807, 2.05) is 67.2 Å². The van der Waals surface area contributed by atoms with Gasteiger partial charge in [-0.15, -0.1) is 0 Å². The summed E-state index contributed by atoms with van der Waals surface area (Å²) in [6, 6.07) is 20.6. The Bertz CT molecular complexity index is 1680. The largest absolute Gasteiger partial charge is 0.455 e. The number of benzene rings is 3. The highest BCUT2D eigenvalue weighted by Crippen LogP contribution is 2.52. The van der Waals surface area contributed by atoms with Gasteiger partial charge in [-0.05, 0) is 41.3 Å². The summed E-state index contributed by atoms with van der Waals surface area (Å²) < 4.78 is 60.0. The molecule has 1 aliphatic carbocycles. The van der Waals surface area contributed by atoms with Gasteiger partial charge in [-0.3, -0.25) is 0 Å². The average Bonchev–Trinajstić information content (AvgIpc) is 3.33. The Hall–Kier alpha value is -3.39. The van der Waals surface area contributed by atoms with Gasteiger partial charge in [-0.2, -0.15) is 0 Å². The lowest BCUT2D eigenvalue weighted by atomic mass is 9.82. The van der Waals surface area contributed by atoms with Crippen LogP contribution in [0.1, 0.15) is 38.6 Å². The fraction of sp³-hybridized carbons (Fsp3) is 0.179. The van der Waals surface area contributed by atoms with Gasteiger partial charge in [0.1, 0.15) is 18.2 Å². The quantitative estimate of drug-likeness (QED) is 0.288. The zero-order valence-corrected chi connectivity index (χ0v) is 16.8.